The van der Waals surface area contributed by atoms with Gasteiger partial charge >= 0.3 is 0 Å². The van der Waals surface area contributed by atoms with E-state index in [1.165, 1.54) is 16.7 Å². The van der Waals surface area contributed by atoms with Gasteiger partial charge in [0.15, 0.2) is 11.6 Å². The van der Waals surface area contributed by atoms with Crippen molar-refractivity contribution in [3.8, 4) is 29.6 Å². The van der Waals surface area contributed by atoms with Gasteiger partial charge in [-0.25, -0.2) is 13.2 Å². The third-order valence-electron chi connectivity index (χ3n) is 7.38. The van der Waals surface area contributed by atoms with E-state index in [-0.39, 0.29) is 16.7 Å². The molecule has 5 nitrogen and oxygen atoms in total. The summed E-state index contributed by atoms with van der Waals surface area (Å²) in [5.74, 6) is -3.14. The molecule has 0 radical (unpaired) electrons. The normalized spacial score (nSPS) is 11.2. The summed E-state index contributed by atoms with van der Waals surface area (Å²) in [4.78, 5) is 0. The fraction of sp³-hybridized carbons (Fsp3) is 0. The van der Waals surface area contributed by atoms with Crippen LogP contribution in [0.15, 0.2) is 84.9 Å². The molecule has 0 N–H and O–H groups in total. The van der Waals surface area contributed by atoms with Gasteiger partial charge in [0.2, 0.25) is 0 Å². The fourth-order valence-electron chi connectivity index (χ4n) is 5.84. The molecule has 2 aromatic heterocycles. The van der Waals surface area contributed by atoms with Crippen molar-refractivity contribution in [3.05, 3.63) is 119 Å². The number of para-hydroxylation sites is 2. The predicted molar refractivity (Wildman–Crippen MR) is 149 cm³/mol. The van der Waals surface area contributed by atoms with E-state index in [9.17, 15) is 20.2 Å². The van der Waals surface area contributed by atoms with Crippen LogP contribution in [0.1, 0.15) is 16.7 Å². The minimum Gasteiger partial charge on any atom is -0.306 e. The quantitative estimate of drug-likeness (QED) is 0.225. The van der Waals surface area contributed by atoms with Crippen molar-refractivity contribution in [2.24, 2.45) is 0 Å². The van der Waals surface area contributed by atoms with Gasteiger partial charge in [-0.2, -0.15) is 15.8 Å². The van der Waals surface area contributed by atoms with E-state index in [4.69, 9.17) is 0 Å². The molecule has 8 heteroatoms. The number of hydrogen-bond acceptors (Lipinski definition) is 3. The van der Waals surface area contributed by atoms with Crippen LogP contribution in [-0.2, 0) is 0 Å². The van der Waals surface area contributed by atoms with Gasteiger partial charge in [0.05, 0.1) is 50.5 Å². The number of nitriles is 3. The summed E-state index contributed by atoms with van der Waals surface area (Å²) in [6.07, 6.45) is 0. The monoisotopic (exact) mass is 537 g/mol. The molecule has 0 saturated heterocycles. The molecule has 0 fully saturated rings. The number of halogens is 3. The predicted octanol–water partition coefficient (Wildman–Crippen LogP) is 7.91. The Balaban J connectivity index is 1.77. The molecule has 41 heavy (non-hydrogen) atoms. The van der Waals surface area contributed by atoms with Crippen molar-refractivity contribution in [2.75, 3.05) is 0 Å². The number of rotatable bonds is 2. The number of fused-ring (bicyclic) bond motifs is 7. The van der Waals surface area contributed by atoms with Crippen LogP contribution >= 0.6 is 0 Å². The Hall–Kier alpha value is -6.04. The highest BCUT2D eigenvalue weighted by atomic mass is 19.1. The summed E-state index contributed by atoms with van der Waals surface area (Å²) in [5.41, 5.74) is 2.53. The zero-order chi connectivity index (χ0) is 28.4. The molecule has 0 bridgehead atoms. The van der Waals surface area contributed by atoms with Crippen molar-refractivity contribution in [2.45, 2.75) is 0 Å². The van der Waals surface area contributed by atoms with Gasteiger partial charge in [0.1, 0.15) is 23.6 Å². The van der Waals surface area contributed by atoms with Crippen molar-refractivity contribution in [1.82, 2.24) is 9.13 Å². The Labute approximate surface area is 230 Å². The topological polar surface area (TPSA) is 81.2 Å². The van der Waals surface area contributed by atoms with Gasteiger partial charge < -0.3 is 9.13 Å². The Morgan fingerprint density at radius 1 is 0.537 bits per heavy atom. The first-order valence-electron chi connectivity index (χ1n) is 12.5. The van der Waals surface area contributed by atoms with Crippen LogP contribution in [0.25, 0.3) is 55.0 Å². The van der Waals surface area contributed by atoms with Crippen LogP contribution in [0, 0.1) is 51.4 Å². The fourth-order valence-corrected chi connectivity index (χ4v) is 5.84. The summed E-state index contributed by atoms with van der Waals surface area (Å²) in [6, 6.07) is 28.6. The molecule has 7 rings (SSSR count). The van der Waals surface area contributed by atoms with Crippen molar-refractivity contribution >= 4 is 43.6 Å². The highest BCUT2D eigenvalue weighted by molar-refractivity contribution is 6.26. The van der Waals surface area contributed by atoms with Crippen LogP contribution < -0.4 is 0 Å². The van der Waals surface area contributed by atoms with Crippen LogP contribution in [0.5, 0.6) is 0 Å². The number of aromatic nitrogens is 2. The largest absolute Gasteiger partial charge is 0.306 e. The van der Waals surface area contributed by atoms with Crippen molar-refractivity contribution < 1.29 is 13.2 Å². The van der Waals surface area contributed by atoms with Crippen LogP contribution in [-0.4, -0.2) is 9.13 Å². The highest BCUT2D eigenvalue weighted by Crippen LogP contribution is 2.43. The van der Waals surface area contributed by atoms with Crippen LogP contribution in [0.3, 0.4) is 0 Å². The standard InChI is InChI=1S/C33H14F3N5/c34-21-13-25(35)33(26(36)14-21)40-28-8-4-2-6-24(28)30-29(40)10-9-23-22-5-1-3-7-27(22)41(32(23)30)31-19(16-38)11-18(15-37)12-20(31)17-39/h1-14H. The van der Waals surface area contributed by atoms with Gasteiger partial charge in [-0.05, 0) is 30.3 Å². The second-order valence-electron chi connectivity index (χ2n) is 9.53. The van der Waals surface area contributed by atoms with Crippen molar-refractivity contribution in [1.29, 1.82) is 15.8 Å². The molecular formula is C33H14F3N5. The van der Waals surface area contributed by atoms with Gasteiger partial charge in [0.25, 0.3) is 0 Å². The third-order valence-corrected chi connectivity index (χ3v) is 7.38. The zero-order valence-corrected chi connectivity index (χ0v) is 21.0. The Bertz CT molecular complexity index is 2340. The molecule has 0 aliphatic carbocycles. The molecule has 0 aliphatic rings. The zero-order valence-electron chi connectivity index (χ0n) is 21.0. The molecule has 0 atom stereocenters. The first kappa shape index (κ1) is 24.0. The lowest BCUT2D eigenvalue weighted by Gasteiger charge is -2.13. The van der Waals surface area contributed by atoms with Gasteiger partial charge in [-0.1, -0.05) is 42.5 Å². The molecule has 0 amide bonds. The lowest BCUT2D eigenvalue weighted by atomic mass is 10.0. The maximum atomic E-state index is 15.2. The molecule has 0 spiro atoms. The van der Waals surface area contributed by atoms with Gasteiger partial charge in [-0.15, -0.1) is 0 Å². The van der Waals surface area contributed by atoms with E-state index in [1.54, 1.807) is 28.8 Å². The van der Waals surface area contributed by atoms with Crippen LogP contribution in [0.2, 0.25) is 0 Å². The van der Waals surface area contributed by atoms with Gasteiger partial charge in [-0.3, -0.25) is 0 Å². The van der Waals surface area contributed by atoms with Crippen LogP contribution in [0.4, 0.5) is 13.2 Å². The smallest absolute Gasteiger partial charge is 0.153 e. The maximum absolute atomic E-state index is 15.2. The summed E-state index contributed by atoms with van der Waals surface area (Å²) >= 11 is 0. The molecule has 192 valence electrons. The molecule has 0 aliphatic heterocycles. The number of nitrogens with zero attached hydrogens (tertiary/aromatic N) is 5. The summed E-state index contributed by atoms with van der Waals surface area (Å²) < 4.78 is 47.5. The second-order valence-corrected chi connectivity index (χ2v) is 9.53. The van der Waals surface area contributed by atoms with E-state index in [1.807, 2.05) is 42.5 Å². The first-order chi connectivity index (χ1) is 20.0. The number of benzene rings is 5. The molecule has 0 saturated carbocycles. The molecule has 0 unspecified atom stereocenters. The Morgan fingerprint density at radius 2 is 1.12 bits per heavy atom. The number of hydrogen-bond donors (Lipinski definition) is 0. The summed E-state index contributed by atoms with van der Waals surface area (Å²) in [6.45, 7) is 0. The highest BCUT2D eigenvalue weighted by Gasteiger charge is 2.25. The van der Waals surface area contributed by atoms with Crippen molar-refractivity contribution in [3.63, 3.8) is 0 Å². The van der Waals surface area contributed by atoms with E-state index < -0.39 is 23.1 Å². The average Bonchev–Trinajstić information content (AvgIpc) is 3.49. The molecule has 7 aromatic rings. The van der Waals surface area contributed by atoms with E-state index in [0.717, 1.165) is 10.8 Å². The van der Waals surface area contributed by atoms with E-state index in [0.29, 0.717) is 50.7 Å². The molecule has 5 aromatic carbocycles. The lowest BCUT2D eigenvalue weighted by Crippen LogP contribution is -2.03. The minimum atomic E-state index is -1.06. The molecule has 2 heterocycles. The third kappa shape index (κ3) is 3.27. The first-order valence-corrected chi connectivity index (χ1v) is 12.5. The van der Waals surface area contributed by atoms with E-state index in [2.05, 4.69) is 12.1 Å². The van der Waals surface area contributed by atoms with E-state index >= 15 is 8.78 Å². The summed E-state index contributed by atoms with van der Waals surface area (Å²) in [5, 5.41) is 32.7. The Kier molecular flexibility index (Phi) is 5.12. The lowest BCUT2D eigenvalue weighted by molar-refractivity contribution is 0.537. The minimum absolute atomic E-state index is 0.125. The Morgan fingerprint density at radius 3 is 1.73 bits per heavy atom. The summed E-state index contributed by atoms with van der Waals surface area (Å²) in [7, 11) is 0. The second kappa shape index (κ2) is 8.74. The molecular weight excluding hydrogens is 523 g/mol. The maximum Gasteiger partial charge on any atom is 0.153 e. The SMILES string of the molecule is N#Cc1cc(C#N)c(-n2c3ccccc3c3ccc4c(c5ccccc5n4-c4c(F)cc(F)cc4F)c32)c(C#N)c1. The van der Waals surface area contributed by atoms with Gasteiger partial charge in [0, 0.05) is 33.7 Å². The average molecular weight is 538 g/mol.